The summed E-state index contributed by atoms with van der Waals surface area (Å²) in [5, 5.41) is 8.32. The minimum atomic E-state index is -0.787. The van der Waals surface area contributed by atoms with Crippen LogP contribution in [0.2, 0.25) is 6.32 Å². The number of hydrogen-bond acceptors (Lipinski definition) is 3. The highest BCUT2D eigenvalue weighted by Crippen LogP contribution is 1.80. The first-order chi connectivity index (χ1) is 2.81. The highest BCUT2D eigenvalue weighted by Gasteiger charge is 2.03. The highest BCUT2D eigenvalue weighted by atomic mass is 16.6. The second-order valence-electron chi connectivity index (χ2n) is 0.999. The Morgan fingerprint density at radius 2 is 2.50 bits per heavy atom. The van der Waals surface area contributed by atoms with Crippen molar-refractivity contribution in [2.45, 2.75) is 13.2 Å². The molecule has 0 radical (unpaired) electrons. The van der Waals surface area contributed by atoms with Crippen LogP contribution < -0.4 is 5.90 Å². The van der Waals surface area contributed by atoms with Crippen molar-refractivity contribution in [3.05, 3.63) is 0 Å². The van der Waals surface area contributed by atoms with Crippen LogP contribution in [0, 0.1) is 0 Å². The SMILES string of the molecule is CCB(O)ON. The average molecular weight is 88.9 g/mol. The minimum absolute atomic E-state index is 0.538. The zero-order chi connectivity index (χ0) is 4.99. The maximum Gasteiger partial charge on any atom is 0.471 e. The second kappa shape index (κ2) is 3.15. The number of hydrogen-bond donors (Lipinski definition) is 2. The Morgan fingerprint density at radius 3 is 2.50 bits per heavy atom. The summed E-state index contributed by atoms with van der Waals surface area (Å²) >= 11 is 0. The molecule has 3 nitrogen and oxygen atoms in total. The Balaban J connectivity index is 2.75. The topological polar surface area (TPSA) is 55.5 Å². The van der Waals surface area contributed by atoms with Crippen molar-refractivity contribution in [3.63, 3.8) is 0 Å². The minimum Gasteiger partial charge on any atom is -0.426 e. The molecule has 0 aliphatic carbocycles. The van der Waals surface area contributed by atoms with Crippen molar-refractivity contribution in [1.29, 1.82) is 0 Å². The van der Waals surface area contributed by atoms with Crippen molar-refractivity contribution in [3.8, 4) is 0 Å². The largest absolute Gasteiger partial charge is 0.471 e. The molecule has 0 aromatic heterocycles. The van der Waals surface area contributed by atoms with Crippen molar-refractivity contribution < 1.29 is 9.78 Å². The van der Waals surface area contributed by atoms with Crippen molar-refractivity contribution >= 4 is 7.12 Å². The van der Waals surface area contributed by atoms with Gasteiger partial charge in [0.1, 0.15) is 0 Å². The van der Waals surface area contributed by atoms with Crippen LogP contribution in [0.4, 0.5) is 0 Å². The van der Waals surface area contributed by atoms with Gasteiger partial charge < -0.3 is 9.78 Å². The van der Waals surface area contributed by atoms with Crippen LogP contribution in [0.5, 0.6) is 0 Å². The number of nitrogens with two attached hydrogens (primary N) is 1. The first-order valence-electron chi connectivity index (χ1n) is 1.84. The summed E-state index contributed by atoms with van der Waals surface area (Å²) in [6, 6.07) is 0. The van der Waals surface area contributed by atoms with Gasteiger partial charge in [0.25, 0.3) is 0 Å². The van der Waals surface area contributed by atoms with Gasteiger partial charge in [-0.15, -0.1) is 0 Å². The maximum atomic E-state index is 8.32. The molecule has 0 aromatic rings. The molecule has 0 aromatic carbocycles. The predicted octanol–water partition coefficient (Wildman–Crippen LogP) is -0.623. The lowest BCUT2D eigenvalue weighted by Gasteiger charge is -1.92. The maximum absolute atomic E-state index is 8.32. The van der Waals surface area contributed by atoms with Gasteiger partial charge in [-0.05, 0) is 6.32 Å². The van der Waals surface area contributed by atoms with E-state index in [2.05, 4.69) is 10.7 Å². The van der Waals surface area contributed by atoms with Crippen LogP contribution in [0.25, 0.3) is 0 Å². The summed E-state index contributed by atoms with van der Waals surface area (Å²) in [6.45, 7) is 1.78. The molecule has 0 saturated carbocycles. The van der Waals surface area contributed by atoms with Crippen LogP contribution in [0.1, 0.15) is 6.92 Å². The molecule has 0 fully saturated rings. The third-order valence-electron chi connectivity index (χ3n) is 0.506. The highest BCUT2D eigenvalue weighted by molar-refractivity contribution is 6.42. The van der Waals surface area contributed by atoms with E-state index in [4.69, 9.17) is 5.02 Å². The van der Waals surface area contributed by atoms with Gasteiger partial charge in [-0.25, -0.2) is 5.90 Å². The van der Waals surface area contributed by atoms with Gasteiger partial charge in [0.2, 0.25) is 0 Å². The van der Waals surface area contributed by atoms with E-state index in [1.165, 1.54) is 0 Å². The fourth-order valence-electron chi connectivity index (χ4n) is 0.0962. The Kier molecular flexibility index (Phi) is 3.12. The summed E-state index contributed by atoms with van der Waals surface area (Å²) in [7, 11) is -0.787. The van der Waals surface area contributed by atoms with Crippen LogP contribution in [-0.2, 0) is 4.76 Å². The zero-order valence-corrected chi connectivity index (χ0v) is 3.72. The molecule has 6 heavy (non-hydrogen) atoms. The molecule has 0 rings (SSSR count). The smallest absolute Gasteiger partial charge is 0.426 e. The van der Waals surface area contributed by atoms with Gasteiger partial charge >= 0.3 is 7.12 Å². The van der Waals surface area contributed by atoms with E-state index in [0.29, 0.717) is 6.32 Å². The van der Waals surface area contributed by atoms with Gasteiger partial charge in [0.05, 0.1) is 0 Å². The van der Waals surface area contributed by atoms with E-state index in [0.717, 1.165) is 0 Å². The molecule has 0 aliphatic rings. The Bertz CT molecular complexity index is 30.7. The molecule has 4 heteroatoms. The van der Waals surface area contributed by atoms with E-state index in [1.54, 1.807) is 6.92 Å². The predicted molar refractivity (Wildman–Crippen MR) is 23.7 cm³/mol. The van der Waals surface area contributed by atoms with Gasteiger partial charge in [-0.1, -0.05) is 6.92 Å². The van der Waals surface area contributed by atoms with Gasteiger partial charge in [0.15, 0.2) is 0 Å². The zero-order valence-electron chi connectivity index (χ0n) is 3.72. The van der Waals surface area contributed by atoms with Crippen LogP contribution in [0.15, 0.2) is 0 Å². The molecule has 0 amide bonds. The fraction of sp³-hybridized carbons (Fsp3) is 1.00. The molecule has 0 spiro atoms. The third-order valence-corrected chi connectivity index (χ3v) is 0.506. The molecular formula is C2H8BNO2. The Morgan fingerprint density at radius 1 is 2.00 bits per heavy atom. The number of rotatable bonds is 2. The molecule has 0 bridgehead atoms. The quantitative estimate of drug-likeness (QED) is 0.350. The van der Waals surface area contributed by atoms with Crippen LogP contribution in [-0.4, -0.2) is 12.1 Å². The van der Waals surface area contributed by atoms with Crippen LogP contribution >= 0.6 is 0 Å². The van der Waals surface area contributed by atoms with Crippen molar-refractivity contribution in [2.24, 2.45) is 5.90 Å². The van der Waals surface area contributed by atoms with Gasteiger partial charge in [-0.3, -0.25) is 0 Å². The summed E-state index contributed by atoms with van der Waals surface area (Å²) in [5.41, 5.74) is 0. The van der Waals surface area contributed by atoms with Crippen LogP contribution in [0.3, 0.4) is 0 Å². The van der Waals surface area contributed by atoms with E-state index in [1.807, 2.05) is 0 Å². The van der Waals surface area contributed by atoms with E-state index < -0.39 is 7.12 Å². The standard InChI is InChI=1S/C2H8BNO2/c1-2-3(5)6-4/h5H,2,4H2,1H3. The summed E-state index contributed by atoms with van der Waals surface area (Å²) in [6.07, 6.45) is 0.538. The van der Waals surface area contributed by atoms with Gasteiger partial charge in [0, 0.05) is 0 Å². The second-order valence-corrected chi connectivity index (χ2v) is 0.999. The van der Waals surface area contributed by atoms with Gasteiger partial charge in [-0.2, -0.15) is 0 Å². The van der Waals surface area contributed by atoms with E-state index in [9.17, 15) is 0 Å². The molecule has 0 aliphatic heterocycles. The summed E-state index contributed by atoms with van der Waals surface area (Å²) < 4.78 is 3.95. The molecule has 0 unspecified atom stereocenters. The van der Waals surface area contributed by atoms with E-state index >= 15 is 0 Å². The fourth-order valence-corrected chi connectivity index (χ4v) is 0.0962. The van der Waals surface area contributed by atoms with Crippen molar-refractivity contribution in [1.82, 2.24) is 0 Å². The van der Waals surface area contributed by atoms with E-state index in [-0.39, 0.29) is 0 Å². The average Bonchev–Trinajstić information content (AvgIpc) is 1.65. The normalized spacial score (nSPS) is 8.50. The third kappa shape index (κ3) is 2.20. The Hall–Kier alpha value is -0.0551. The van der Waals surface area contributed by atoms with Crippen molar-refractivity contribution in [2.75, 3.05) is 0 Å². The molecule has 0 saturated heterocycles. The summed E-state index contributed by atoms with van der Waals surface area (Å²) in [5.74, 6) is 4.53. The Labute approximate surface area is 37.2 Å². The molecule has 36 valence electrons. The molecular weight excluding hydrogens is 80.8 g/mol. The molecule has 3 N–H and O–H groups in total. The lowest BCUT2D eigenvalue weighted by molar-refractivity contribution is 0.269. The first-order valence-corrected chi connectivity index (χ1v) is 1.84. The first kappa shape index (κ1) is 5.94. The lowest BCUT2D eigenvalue weighted by atomic mass is 9.88. The summed E-state index contributed by atoms with van der Waals surface area (Å²) in [4.78, 5) is 0. The molecule has 0 atom stereocenters. The molecule has 0 heterocycles. The lowest BCUT2D eigenvalue weighted by Crippen LogP contribution is -2.19. The monoisotopic (exact) mass is 89.1 g/mol.